The molecule has 1 aliphatic rings. The van der Waals surface area contributed by atoms with Crippen LogP contribution in [-0.4, -0.2) is 37.9 Å². The maximum Gasteiger partial charge on any atom is 0.292 e. The smallest absolute Gasteiger partial charge is 0.292 e. The van der Waals surface area contributed by atoms with Gasteiger partial charge in [-0.2, -0.15) is 0 Å². The third-order valence-electron chi connectivity index (χ3n) is 3.26. The van der Waals surface area contributed by atoms with Crippen LogP contribution in [0.15, 0.2) is 24.3 Å². The van der Waals surface area contributed by atoms with Crippen molar-refractivity contribution in [3.8, 4) is 0 Å². The van der Waals surface area contributed by atoms with Crippen LogP contribution in [0.4, 0.5) is 11.4 Å². The molecule has 1 aliphatic heterocycles. The van der Waals surface area contributed by atoms with E-state index in [1.165, 1.54) is 6.07 Å². The summed E-state index contributed by atoms with van der Waals surface area (Å²) in [6.45, 7) is 3.70. The number of hydrogen-bond donors (Lipinski definition) is 1. The molecule has 6 nitrogen and oxygen atoms in total. The van der Waals surface area contributed by atoms with Gasteiger partial charge in [0, 0.05) is 31.7 Å². The van der Waals surface area contributed by atoms with Gasteiger partial charge in [-0.25, -0.2) is 0 Å². The third-order valence-corrected chi connectivity index (χ3v) is 3.26. The Morgan fingerprint density at radius 1 is 1.45 bits per heavy atom. The molecule has 1 N–H and O–H groups in total. The number of nitrogens with one attached hydrogen (secondary N) is 1. The van der Waals surface area contributed by atoms with Gasteiger partial charge < -0.3 is 14.8 Å². The van der Waals surface area contributed by atoms with Gasteiger partial charge in [0.1, 0.15) is 5.69 Å². The lowest BCUT2D eigenvalue weighted by atomic mass is 10.1. The molecule has 0 amide bonds. The molecular formula is C14H20N2O4. The Balaban J connectivity index is 1.62. The zero-order valence-corrected chi connectivity index (χ0v) is 11.4. The molecule has 0 spiro atoms. The summed E-state index contributed by atoms with van der Waals surface area (Å²) < 4.78 is 10.9. The van der Waals surface area contributed by atoms with Gasteiger partial charge in [0.05, 0.1) is 18.1 Å². The van der Waals surface area contributed by atoms with Gasteiger partial charge in [-0.05, 0) is 18.9 Å². The maximum atomic E-state index is 10.8. The molecule has 1 saturated heterocycles. The van der Waals surface area contributed by atoms with Crippen molar-refractivity contribution in [2.45, 2.75) is 12.8 Å². The highest BCUT2D eigenvalue weighted by Gasteiger charge is 2.15. The van der Waals surface area contributed by atoms with Crippen molar-refractivity contribution >= 4 is 11.4 Å². The molecule has 1 fully saturated rings. The molecule has 0 bridgehead atoms. The normalized spacial score (nSPS) is 18.1. The predicted octanol–water partition coefficient (Wildman–Crippen LogP) is 2.45. The largest absolute Gasteiger partial charge is 0.381 e. The van der Waals surface area contributed by atoms with Crippen molar-refractivity contribution in [2.75, 3.05) is 38.3 Å². The number of para-hydroxylation sites is 2. The van der Waals surface area contributed by atoms with Crippen molar-refractivity contribution in [3.05, 3.63) is 34.4 Å². The molecule has 6 heteroatoms. The molecule has 1 aromatic carbocycles. The first-order chi connectivity index (χ1) is 9.77. The lowest BCUT2D eigenvalue weighted by molar-refractivity contribution is -0.384. The van der Waals surface area contributed by atoms with Crippen LogP contribution in [-0.2, 0) is 9.47 Å². The Morgan fingerprint density at radius 3 is 3.05 bits per heavy atom. The van der Waals surface area contributed by atoms with Gasteiger partial charge >= 0.3 is 0 Å². The summed E-state index contributed by atoms with van der Waals surface area (Å²) in [7, 11) is 0. The molecule has 0 aromatic heterocycles. The first-order valence-electron chi connectivity index (χ1n) is 6.90. The highest BCUT2D eigenvalue weighted by atomic mass is 16.6. The van der Waals surface area contributed by atoms with Gasteiger partial charge in [-0.1, -0.05) is 12.1 Å². The van der Waals surface area contributed by atoms with E-state index in [1.54, 1.807) is 18.2 Å². The summed E-state index contributed by atoms with van der Waals surface area (Å²) in [5.74, 6) is 0.526. The summed E-state index contributed by atoms with van der Waals surface area (Å²) in [5, 5.41) is 13.9. The Kier molecular flexibility index (Phi) is 5.76. The fraction of sp³-hybridized carbons (Fsp3) is 0.571. The summed E-state index contributed by atoms with van der Waals surface area (Å²) in [4.78, 5) is 10.5. The minimum absolute atomic E-state index is 0.108. The van der Waals surface area contributed by atoms with E-state index in [9.17, 15) is 10.1 Å². The van der Waals surface area contributed by atoms with Gasteiger partial charge in [-0.3, -0.25) is 10.1 Å². The van der Waals surface area contributed by atoms with Crippen LogP contribution >= 0.6 is 0 Å². The highest BCUT2D eigenvalue weighted by Crippen LogP contribution is 2.22. The molecule has 1 heterocycles. The highest BCUT2D eigenvalue weighted by molar-refractivity contribution is 5.60. The molecular weight excluding hydrogens is 260 g/mol. The number of anilines is 1. The zero-order chi connectivity index (χ0) is 14.2. The van der Waals surface area contributed by atoms with Crippen LogP contribution in [0.25, 0.3) is 0 Å². The first-order valence-corrected chi connectivity index (χ1v) is 6.90. The molecule has 1 atom stereocenters. The Hall–Kier alpha value is -1.66. The summed E-state index contributed by atoms with van der Waals surface area (Å²) in [6, 6.07) is 6.66. The molecule has 0 radical (unpaired) electrons. The number of hydrogen-bond acceptors (Lipinski definition) is 5. The second-order valence-electron chi connectivity index (χ2n) is 4.86. The summed E-state index contributed by atoms with van der Waals surface area (Å²) in [5.41, 5.74) is 0.665. The standard InChI is InChI=1S/C14H20N2O4/c17-16(18)14-5-2-1-4-13(14)15-7-3-8-19-10-12-6-9-20-11-12/h1-2,4-5,12,15H,3,6-11H2/t12-/m1/s1. The van der Waals surface area contributed by atoms with Crippen LogP contribution in [0.2, 0.25) is 0 Å². The Labute approximate surface area is 118 Å². The lowest BCUT2D eigenvalue weighted by Crippen LogP contribution is -2.12. The van der Waals surface area contributed by atoms with Crippen LogP contribution in [0, 0.1) is 16.0 Å². The van der Waals surface area contributed by atoms with Crippen LogP contribution < -0.4 is 5.32 Å². The maximum absolute atomic E-state index is 10.8. The fourth-order valence-corrected chi connectivity index (χ4v) is 2.14. The number of ether oxygens (including phenoxy) is 2. The van der Waals surface area contributed by atoms with Crippen molar-refractivity contribution in [1.82, 2.24) is 0 Å². The number of nitrogens with zero attached hydrogens (tertiary/aromatic N) is 1. The van der Waals surface area contributed by atoms with E-state index in [2.05, 4.69) is 5.32 Å². The first kappa shape index (κ1) is 14.7. The van der Waals surface area contributed by atoms with Gasteiger partial charge in [0.25, 0.3) is 5.69 Å². The summed E-state index contributed by atoms with van der Waals surface area (Å²) >= 11 is 0. The average Bonchev–Trinajstić information content (AvgIpc) is 2.96. The molecule has 0 unspecified atom stereocenters. The van der Waals surface area contributed by atoms with E-state index in [4.69, 9.17) is 9.47 Å². The second kappa shape index (κ2) is 7.81. The Bertz CT molecular complexity index is 433. The minimum atomic E-state index is -0.376. The van der Waals surface area contributed by atoms with Gasteiger partial charge in [-0.15, -0.1) is 0 Å². The van der Waals surface area contributed by atoms with E-state index < -0.39 is 0 Å². The van der Waals surface area contributed by atoms with Crippen LogP contribution in [0.3, 0.4) is 0 Å². The van der Waals surface area contributed by atoms with Crippen molar-refractivity contribution in [2.24, 2.45) is 5.92 Å². The average molecular weight is 280 g/mol. The minimum Gasteiger partial charge on any atom is -0.381 e. The molecule has 110 valence electrons. The molecule has 2 rings (SSSR count). The van der Waals surface area contributed by atoms with Crippen molar-refractivity contribution in [3.63, 3.8) is 0 Å². The van der Waals surface area contributed by atoms with Crippen LogP contribution in [0.5, 0.6) is 0 Å². The molecule has 0 aliphatic carbocycles. The number of nitro benzene ring substituents is 1. The van der Waals surface area contributed by atoms with Crippen molar-refractivity contribution in [1.29, 1.82) is 0 Å². The van der Waals surface area contributed by atoms with Gasteiger partial charge in [0.15, 0.2) is 0 Å². The number of rotatable bonds is 8. The molecule has 0 saturated carbocycles. The van der Waals surface area contributed by atoms with E-state index in [-0.39, 0.29) is 10.6 Å². The quantitative estimate of drug-likeness (QED) is 0.450. The van der Waals surface area contributed by atoms with E-state index in [0.717, 1.165) is 32.7 Å². The SMILES string of the molecule is O=[N+]([O-])c1ccccc1NCCCOC[C@H]1CCOC1. The van der Waals surface area contributed by atoms with E-state index in [0.29, 0.717) is 24.8 Å². The third kappa shape index (κ3) is 4.47. The van der Waals surface area contributed by atoms with Crippen molar-refractivity contribution < 1.29 is 14.4 Å². The molecule has 20 heavy (non-hydrogen) atoms. The topological polar surface area (TPSA) is 73.6 Å². The zero-order valence-electron chi connectivity index (χ0n) is 11.4. The number of benzene rings is 1. The number of nitro groups is 1. The van der Waals surface area contributed by atoms with E-state index >= 15 is 0 Å². The predicted molar refractivity (Wildman–Crippen MR) is 75.9 cm³/mol. The second-order valence-corrected chi connectivity index (χ2v) is 4.86. The van der Waals surface area contributed by atoms with Crippen LogP contribution in [0.1, 0.15) is 12.8 Å². The molecule has 1 aromatic rings. The monoisotopic (exact) mass is 280 g/mol. The fourth-order valence-electron chi connectivity index (χ4n) is 2.14. The summed E-state index contributed by atoms with van der Waals surface area (Å²) in [6.07, 6.45) is 1.90. The van der Waals surface area contributed by atoms with Gasteiger partial charge in [0.2, 0.25) is 0 Å². The van der Waals surface area contributed by atoms with E-state index in [1.807, 2.05) is 0 Å². The lowest BCUT2D eigenvalue weighted by Gasteiger charge is -2.09. The Morgan fingerprint density at radius 2 is 2.30 bits per heavy atom.